The SMILES string of the molecule is CC(C)Oc1cccc2c1ccn2CCCCC#N. The van der Waals surface area contributed by atoms with E-state index in [1.807, 2.05) is 26.0 Å². The normalized spacial score (nSPS) is 10.8. The van der Waals surface area contributed by atoms with Crippen molar-refractivity contribution in [3.8, 4) is 11.8 Å². The molecule has 0 fully saturated rings. The molecule has 2 rings (SSSR count). The van der Waals surface area contributed by atoms with Crippen LogP contribution in [0.1, 0.15) is 33.1 Å². The van der Waals surface area contributed by atoms with E-state index >= 15 is 0 Å². The van der Waals surface area contributed by atoms with E-state index < -0.39 is 0 Å². The molecule has 0 aliphatic rings. The van der Waals surface area contributed by atoms with Gasteiger partial charge in [-0.05, 0) is 44.9 Å². The van der Waals surface area contributed by atoms with Crippen LogP contribution in [0.4, 0.5) is 0 Å². The fourth-order valence-electron chi connectivity index (χ4n) is 2.23. The second-order valence-corrected chi connectivity index (χ2v) is 4.98. The predicted octanol–water partition coefficient (Wildman–Crippen LogP) is 4.12. The van der Waals surface area contributed by atoms with E-state index in [1.165, 1.54) is 5.52 Å². The molecule has 1 aromatic heterocycles. The molecule has 0 aliphatic heterocycles. The molecule has 0 unspecified atom stereocenters. The van der Waals surface area contributed by atoms with Crippen LogP contribution in [0.3, 0.4) is 0 Å². The molecule has 0 spiro atoms. The van der Waals surface area contributed by atoms with Gasteiger partial charge in [-0.15, -0.1) is 0 Å². The molecular formula is C16H20N2O. The monoisotopic (exact) mass is 256 g/mol. The molecule has 19 heavy (non-hydrogen) atoms. The molecule has 0 saturated carbocycles. The number of benzene rings is 1. The van der Waals surface area contributed by atoms with E-state index in [4.69, 9.17) is 10.00 Å². The second-order valence-electron chi connectivity index (χ2n) is 4.98. The number of aromatic nitrogens is 1. The van der Waals surface area contributed by atoms with Crippen molar-refractivity contribution in [1.82, 2.24) is 4.57 Å². The van der Waals surface area contributed by atoms with Gasteiger partial charge < -0.3 is 9.30 Å². The lowest BCUT2D eigenvalue weighted by Gasteiger charge is -2.11. The van der Waals surface area contributed by atoms with E-state index in [9.17, 15) is 0 Å². The molecule has 2 aromatic rings. The van der Waals surface area contributed by atoms with Crippen LogP contribution in [-0.4, -0.2) is 10.7 Å². The molecule has 1 heterocycles. The Labute approximate surface area is 114 Å². The van der Waals surface area contributed by atoms with Crippen LogP contribution in [0.25, 0.3) is 10.9 Å². The minimum Gasteiger partial charge on any atom is -0.490 e. The number of nitriles is 1. The molecule has 0 bridgehead atoms. The average Bonchev–Trinajstić information content (AvgIpc) is 2.79. The topological polar surface area (TPSA) is 38.0 Å². The molecule has 0 N–H and O–H groups in total. The number of fused-ring (bicyclic) bond motifs is 1. The fraction of sp³-hybridized carbons (Fsp3) is 0.438. The maximum atomic E-state index is 8.54. The van der Waals surface area contributed by atoms with E-state index in [2.05, 4.69) is 29.0 Å². The maximum absolute atomic E-state index is 8.54. The van der Waals surface area contributed by atoms with Crippen molar-refractivity contribution in [2.75, 3.05) is 0 Å². The van der Waals surface area contributed by atoms with Crippen LogP contribution < -0.4 is 4.74 Å². The molecule has 0 saturated heterocycles. The van der Waals surface area contributed by atoms with Crippen LogP contribution >= 0.6 is 0 Å². The van der Waals surface area contributed by atoms with Crippen molar-refractivity contribution in [1.29, 1.82) is 5.26 Å². The molecule has 0 amide bonds. The van der Waals surface area contributed by atoms with Gasteiger partial charge in [-0.1, -0.05) is 6.07 Å². The summed E-state index contributed by atoms with van der Waals surface area (Å²) in [5.74, 6) is 0.947. The molecule has 0 radical (unpaired) electrons. The zero-order valence-corrected chi connectivity index (χ0v) is 11.6. The van der Waals surface area contributed by atoms with Crippen LogP contribution in [0, 0.1) is 11.3 Å². The third-order valence-electron chi connectivity index (χ3n) is 3.07. The lowest BCUT2D eigenvalue weighted by molar-refractivity contribution is 0.245. The van der Waals surface area contributed by atoms with E-state index in [1.54, 1.807) is 0 Å². The minimum absolute atomic E-state index is 0.185. The fourth-order valence-corrected chi connectivity index (χ4v) is 2.23. The Kier molecular flexibility index (Phi) is 4.46. The highest BCUT2D eigenvalue weighted by Gasteiger charge is 2.07. The number of ether oxygens (including phenoxy) is 1. The molecule has 100 valence electrons. The van der Waals surface area contributed by atoms with Gasteiger partial charge in [0.15, 0.2) is 0 Å². The summed E-state index contributed by atoms with van der Waals surface area (Å²) in [6, 6.07) is 10.5. The van der Waals surface area contributed by atoms with Gasteiger partial charge in [-0.25, -0.2) is 0 Å². The second kappa shape index (κ2) is 6.29. The van der Waals surface area contributed by atoms with Gasteiger partial charge in [0, 0.05) is 24.5 Å². The van der Waals surface area contributed by atoms with E-state index in [0.717, 1.165) is 30.5 Å². The first-order valence-electron chi connectivity index (χ1n) is 6.84. The zero-order chi connectivity index (χ0) is 13.7. The minimum atomic E-state index is 0.185. The Balaban J connectivity index is 2.16. The molecule has 1 aromatic carbocycles. The van der Waals surface area contributed by atoms with E-state index in [-0.39, 0.29) is 6.10 Å². The lowest BCUT2D eigenvalue weighted by atomic mass is 10.2. The van der Waals surface area contributed by atoms with Crippen LogP contribution in [0.5, 0.6) is 5.75 Å². The Bertz CT molecular complexity index is 578. The molecule has 3 nitrogen and oxygen atoms in total. The van der Waals surface area contributed by atoms with Gasteiger partial charge in [0.25, 0.3) is 0 Å². The number of aryl methyl sites for hydroxylation is 1. The van der Waals surface area contributed by atoms with Crippen molar-refractivity contribution in [3.05, 3.63) is 30.5 Å². The van der Waals surface area contributed by atoms with Gasteiger partial charge in [0.2, 0.25) is 0 Å². The van der Waals surface area contributed by atoms with Gasteiger partial charge in [-0.3, -0.25) is 0 Å². The number of hydrogen-bond acceptors (Lipinski definition) is 2. The number of nitrogens with zero attached hydrogens (tertiary/aromatic N) is 2. The Morgan fingerprint density at radius 3 is 2.84 bits per heavy atom. The predicted molar refractivity (Wildman–Crippen MR) is 77.2 cm³/mol. The number of hydrogen-bond donors (Lipinski definition) is 0. The number of unbranched alkanes of at least 4 members (excludes halogenated alkanes) is 2. The molecule has 0 atom stereocenters. The largest absolute Gasteiger partial charge is 0.490 e. The number of rotatable bonds is 6. The molecule has 3 heteroatoms. The van der Waals surface area contributed by atoms with Crippen LogP contribution in [0.2, 0.25) is 0 Å². The van der Waals surface area contributed by atoms with Crippen molar-refractivity contribution in [3.63, 3.8) is 0 Å². The Morgan fingerprint density at radius 2 is 2.11 bits per heavy atom. The van der Waals surface area contributed by atoms with Crippen molar-refractivity contribution >= 4 is 10.9 Å². The first-order chi connectivity index (χ1) is 9.22. The van der Waals surface area contributed by atoms with Crippen molar-refractivity contribution < 1.29 is 4.74 Å². The van der Waals surface area contributed by atoms with Crippen molar-refractivity contribution in [2.45, 2.75) is 45.8 Å². The maximum Gasteiger partial charge on any atom is 0.129 e. The summed E-state index contributed by atoms with van der Waals surface area (Å²) in [5.41, 5.74) is 1.20. The van der Waals surface area contributed by atoms with Crippen LogP contribution in [-0.2, 0) is 6.54 Å². The van der Waals surface area contributed by atoms with E-state index in [0.29, 0.717) is 6.42 Å². The van der Waals surface area contributed by atoms with Gasteiger partial charge in [0.1, 0.15) is 5.75 Å². The highest BCUT2D eigenvalue weighted by molar-refractivity contribution is 5.86. The van der Waals surface area contributed by atoms with Gasteiger partial charge >= 0.3 is 0 Å². The third kappa shape index (κ3) is 3.29. The summed E-state index contributed by atoms with van der Waals surface area (Å²) in [6.45, 7) is 5.03. The molecular weight excluding hydrogens is 236 g/mol. The standard InChI is InChI=1S/C16H20N2O/c1-13(2)19-16-8-6-7-15-14(16)9-12-18(15)11-5-3-4-10-17/h6-9,12-13H,3-5,11H2,1-2H3. The quantitative estimate of drug-likeness (QED) is 0.729. The highest BCUT2D eigenvalue weighted by atomic mass is 16.5. The summed E-state index contributed by atoms with van der Waals surface area (Å²) >= 11 is 0. The summed E-state index contributed by atoms with van der Waals surface area (Å²) < 4.78 is 8.06. The van der Waals surface area contributed by atoms with Crippen molar-refractivity contribution in [2.24, 2.45) is 0 Å². The Morgan fingerprint density at radius 1 is 1.26 bits per heavy atom. The van der Waals surface area contributed by atoms with Gasteiger partial charge in [0.05, 0.1) is 17.7 Å². The average molecular weight is 256 g/mol. The van der Waals surface area contributed by atoms with Gasteiger partial charge in [-0.2, -0.15) is 5.26 Å². The zero-order valence-electron chi connectivity index (χ0n) is 11.6. The molecule has 0 aliphatic carbocycles. The lowest BCUT2D eigenvalue weighted by Crippen LogP contribution is -2.05. The first kappa shape index (κ1) is 13.5. The third-order valence-corrected chi connectivity index (χ3v) is 3.07. The smallest absolute Gasteiger partial charge is 0.129 e. The Hall–Kier alpha value is -1.95. The summed E-state index contributed by atoms with van der Waals surface area (Å²) in [6.07, 6.45) is 4.92. The highest BCUT2D eigenvalue weighted by Crippen LogP contribution is 2.27. The summed E-state index contributed by atoms with van der Waals surface area (Å²) in [5, 5.41) is 9.71. The summed E-state index contributed by atoms with van der Waals surface area (Å²) in [4.78, 5) is 0. The summed E-state index contributed by atoms with van der Waals surface area (Å²) in [7, 11) is 0. The first-order valence-corrected chi connectivity index (χ1v) is 6.84. The van der Waals surface area contributed by atoms with Crippen LogP contribution in [0.15, 0.2) is 30.5 Å².